The number of halogens is 4. The zero-order valence-corrected chi connectivity index (χ0v) is 17.8. The summed E-state index contributed by atoms with van der Waals surface area (Å²) in [4.78, 5) is 15.4. The Morgan fingerprint density at radius 3 is 2.66 bits per heavy atom. The number of hydrogen-bond donors (Lipinski definition) is 1. The molecule has 0 spiro atoms. The SMILES string of the molecule is CC(=O)N1C[C@H](F)C[C@H]1CN1CCCc2cc(-c3c(C)cc(C(F)(F)F)cc3O)nnc21. The van der Waals surface area contributed by atoms with Crippen LogP contribution in [0.25, 0.3) is 11.3 Å². The number of phenols is 1. The van der Waals surface area contributed by atoms with Gasteiger partial charge >= 0.3 is 6.18 Å². The molecule has 1 saturated heterocycles. The summed E-state index contributed by atoms with van der Waals surface area (Å²) >= 11 is 0. The predicted octanol–water partition coefficient (Wildman–Crippen LogP) is 3.89. The molecule has 4 rings (SSSR count). The van der Waals surface area contributed by atoms with Gasteiger partial charge in [-0.15, -0.1) is 10.2 Å². The minimum absolute atomic E-state index is 0.0950. The molecule has 0 saturated carbocycles. The van der Waals surface area contributed by atoms with Crippen LogP contribution in [0.1, 0.15) is 36.5 Å². The molecule has 1 aromatic carbocycles. The Labute approximate surface area is 182 Å². The molecule has 1 N–H and O–H groups in total. The highest BCUT2D eigenvalue weighted by molar-refractivity contribution is 5.74. The fourth-order valence-corrected chi connectivity index (χ4v) is 4.68. The van der Waals surface area contributed by atoms with E-state index < -0.39 is 23.7 Å². The monoisotopic (exact) mass is 452 g/mol. The van der Waals surface area contributed by atoms with E-state index in [1.165, 1.54) is 13.8 Å². The van der Waals surface area contributed by atoms with Crippen LogP contribution in [-0.4, -0.2) is 58.0 Å². The molecule has 6 nitrogen and oxygen atoms in total. The van der Waals surface area contributed by atoms with Crippen molar-refractivity contribution in [1.82, 2.24) is 15.1 Å². The highest BCUT2D eigenvalue weighted by Gasteiger charge is 2.36. The van der Waals surface area contributed by atoms with Crippen LogP contribution in [0.5, 0.6) is 5.75 Å². The van der Waals surface area contributed by atoms with Crippen molar-refractivity contribution in [3.8, 4) is 17.0 Å². The van der Waals surface area contributed by atoms with Crippen molar-refractivity contribution in [3.05, 3.63) is 34.9 Å². The molecule has 1 fully saturated rings. The second-order valence-corrected chi connectivity index (χ2v) is 8.47. The Kier molecular flexibility index (Phi) is 5.72. The van der Waals surface area contributed by atoms with Crippen LogP contribution in [0.3, 0.4) is 0 Å². The largest absolute Gasteiger partial charge is 0.507 e. The predicted molar refractivity (Wildman–Crippen MR) is 110 cm³/mol. The zero-order chi connectivity index (χ0) is 23.2. The van der Waals surface area contributed by atoms with E-state index in [9.17, 15) is 27.5 Å². The number of hydrogen-bond acceptors (Lipinski definition) is 5. The van der Waals surface area contributed by atoms with E-state index >= 15 is 0 Å². The molecular formula is C22H24F4N4O2. The van der Waals surface area contributed by atoms with Gasteiger partial charge in [-0.25, -0.2) is 4.39 Å². The summed E-state index contributed by atoms with van der Waals surface area (Å²) in [5, 5.41) is 18.8. The third-order valence-corrected chi connectivity index (χ3v) is 6.12. The van der Waals surface area contributed by atoms with Gasteiger partial charge in [-0.1, -0.05) is 0 Å². The molecule has 1 aromatic heterocycles. The van der Waals surface area contributed by atoms with E-state index in [2.05, 4.69) is 10.2 Å². The fourth-order valence-electron chi connectivity index (χ4n) is 4.68. The molecule has 0 aliphatic carbocycles. The normalized spacial score (nSPS) is 21.1. The van der Waals surface area contributed by atoms with E-state index in [0.29, 0.717) is 37.1 Å². The molecular weight excluding hydrogens is 428 g/mol. The van der Waals surface area contributed by atoms with Gasteiger partial charge in [-0.05, 0) is 49.1 Å². The number of phenolic OH excluding ortho intramolecular Hbond substituents is 1. The lowest BCUT2D eigenvalue weighted by atomic mass is 9.98. The highest BCUT2D eigenvalue weighted by atomic mass is 19.4. The van der Waals surface area contributed by atoms with Crippen molar-refractivity contribution in [3.63, 3.8) is 0 Å². The molecule has 32 heavy (non-hydrogen) atoms. The zero-order valence-electron chi connectivity index (χ0n) is 17.8. The topological polar surface area (TPSA) is 69.6 Å². The van der Waals surface area contributed by atoms with Gasteiger partial charge in [-0.3, -0.25) is 4.79 Å². The molecule has 2 aromatic rings. The first-order valence-corrected chi connectivity index (χ1v) is 10.5. The number of carbonyl (C=O) groups excluding carboxylic acids is 1. The number of aromatic hydroxyl groups is 1. The first kappa shape index (κ1) is 22.3. The van der Waals surface area contributed by atoms with Crippen LogP contribution in [-0.2, 0) is 17.4 Å². The minimum Gasteiger partial charge on any atom is -0.507 e. The first-order valence-electron chi connectivity index (χ1n) is 10.5. The summed E-state index contributed by atoms with van der Waals surface area (Å²) in [7, 11) is 0. The number of anilines is 1. The Hall–Kier alpha value is -2.91. The molecule has 172 valence electrons. The third kappa shape index (κ3) is 4.22. The number of nitrogens with zero attached hydrogens (tertiary/aromatic N) is 4. The summed E-state index contributed by atoms with van der Waals surface area (Å²) < 4.78 is 53.0. The Morgan fingerprint density at radius 2 is 2.00 bits per heavy atom. The molecule has 2 aliphatic rings. The smallest absolute Gasteiger partial charge is 0.416 e. The summed E-state index contributed by atoms with van der Waals surface area (Å²) in [6, 6.07) is 3.15. The molecule has 1 amide bonds. The van der Waals surface area contributed by atoms with Gasteiger partial charge in [0.25, 0.3) is 0 Å². The molecule has 2 aliphatic heterocycles. The maximum Gasteiger partial charge on any atom is 0.416 e. The maximum atomic E-state index is 13.9. The average Bonchev–Trinajstić information content (AvgIpc) is 3.07. The minimum atomic E-state index is -4.56. The van der Waals surface area contributed by atoms with Crippen LogP contribution in [0.15, 0.2) is 18.2 Å². The van der Waals surface area contributed by atoms with Crippen molar-refractivity contribution in [2.75, 3.05) is 24.5 Å². The van der Waals surface area contributed by atoms with Crippen molar-refractivity contribution < 1.29 is 27.5 Å². The fraction of sp³-hybridized carbons (Fsp3) is 0.500. The standard InChI is InChI=1S/C22H24F4N4O2/c1-12-6-15(22(24,25)26)8-19(32)20(12)18-7-14-4-3-5-29(21(14)28-27-18)11-17-9-16(23)10-30(17)13(2)31/h6-8,16-17,32H,3-5,9-11H2,1-2H3/t16-,17+/m1/s1. The van der Waals surface area contributed by atoms with Gasteiger partial charge < -0.3 is 14.9 Å². The van der Waals surface area contributed by atoms with Gasteiger partial charge in [0.05, 0.1) is 23.8 Å². The summed E-state index contributed by atoms with van der Waals surface area (Å²) in [6.07, 6.45) is -3.83. The van der Waals surface area contributed by atoms with Crippen LogP contribution in [0.2, 0.25) is 0 Å². The van der Waals surface area contributed by atoms with Gasteiger partial charge in [0.15, 0.2) is 5.82 Å². The number of alkyl halides is 4. The number of amides is 1. The van der Waals surface area contributed by atoms with Crippen LogP contribution >= 0.6 is 0 Å². The molecule has 10 heteroatoms. The van der Waals surface area contributed by atoms with E-state index in [-0.39, 0.29) is 36.0 Å². The number of benzene rings is 1. The summed E-state index contributed by atoms with van der Waals surface area (Å²) in [5.74, 6) is -0.0479. The molecule has 0 bridgehead atoms. The Bertz CT molecular complexity index is 1020. The number of aromatic nitrogens is 2. The van der Waals surface area contributed by atoms with Crippen molar-refractivity contribution in [2.45, 2.75) is 51.5 Å². The van der Waals surface area contributed by atoms with Gasteiger partial charge in [0, 0.05) is 32.0 Å². The number of fused-ring (bicyclic) bond motifs is 1. The van der Waals surface area contributed by atoms with Gasteiger partial charge in [0.1, 0.15) is 11.9 Å². The van der Waals surface area contributed by atoms with E-state index in [4.69, 9.17) is 0 Å². The molecule has 2 atom stereocenters. The van der Waals surface area contributed by atoms with Crippen molar-refractivity contribution in [2.24, 2.45) is 0 Å². The van der Waals surface area contributed by atoms with Crippen LogP contribution in [0.4, 0.5) is 23.4 Å². The summed E-state index contributed by atoms with van der Waals surface area (Å²) in [6.45, 7) is 4.13. The third-order valence-electron chi connectivity index (χ3n) is 6.12. The van der Waals surface area contributed by atoms with Gasteiger partial charge in [0.2, 0.25) is 5.91 Å². The second kappa shape index (κ2) is 8.22. The molecule has 0 radical (unpaired) electrons. The number of carbonyl (C=O) groups is 1. The second-order valence-electron chi connectivity index (χ2n) is 8.47. The Balaban J connectivity index is 1.63. The van der Waals surface area contributed by atoms with E-state index in [1.54, 1.807) is 11.0 Å². The number of aryl methyl sites for hydroxylation is 2. The lowest BCUT2D eigenvalue weighted by Gasteiger charge is -2.34. The number of rotatable bonds is 3. The average molecular weight is 452 g/mol. The molecule has 0 unspecified atom stereocenters. The van der Waals surface area contributed by atoms with Crippen LogP contribution in [0, 0.1) is 6.92 Å². The quantitative estimate of drug-likeness (QED) is 0.716. The number of likely N-dealkylation sites (tertiary alicyclic amines) is 1. The Morgan fingerprint density at radius 1 is 1.25 bits per heavy atom. The lowest BCUT2D eigenvalue weighted by molar-refractivity contribution is -0.137. The van der Waals surface area contributed by atoms with Crippen molar-refractivity contribution in [1.29, 1.82) is 0 Å². The van der Waals surface area contributed by atoms with E-state index in [1.807, 2.05) is 4.90 Å². The maximum absolute atomic E-state index is 13.9. The lowest BCUT2D eigenvalue weighted by Crippen LogP contribution is -2.44. The summed E-state index contributed by atoms with van der Waals surface area (Å²) in [5.41, 5.74) is 0.681. The van der Waals surface area contributed by atoms with Crippen LogP contribution < -0.4 is 4.90 Å². The van der Waals surface area contributed by atoms with Gasteiger partial charge in [-0.2, -0.15) is 13.2 Å². The first-order chi connectivity index (χ1) is 15.0. The van der Waals surface area contributed by atoms with Crippen molar-refractivity contribution >= 4 is 11.7 Å². The van der Waals surface area contributed by atoms with E-state index in [0.717, 1.165) is 18.1 Å². The molecule has 3 heterocycles. The highest BCUT2D eigenvalue weighted by Crippen LogP contribution is 2.39.